The van der Waals surface area contributed by atoms with Gasteiger partial charge in [-0.25, -0.2) is 0 Å². The summed E-state index contributed by atoms with van der Waals surface area (Å²) >= 11 is 1.69. The van der Waals surface area contributed by atoms with Crippen LogP contribution in [0.2, 0.25) is 0 Å². The fraction of sp³-hybridized carbons (Fsp3) is 0. The van der Waals surface area contributed by atoms with E-state index < -0.39 is 0 Å². The Morgan fingerprint density at radius 3 is 1.25 bits per heavy atom. The van der Waals surface area contributed by atoms with Gasteiger partial charge in [-0.1, -0.05) is 0 Å². The third kappa shape index (κ3) is 9.57. The van der Waals surface area contributed by atoms with E-state index in [0.717, 1.165) is 0 Å². The van der Waals surface area contributed by atoms with E-state index in [1.807, 2.05) is 0 Å². The second-order valence-electron chi connectivity index (χ2n) is 0. The zero-order valence-corrected chi connectivity index (χ0v) is 5.71. The summed E-state index contributed by atoms with van der Waals surface area (Å²) in [4.78, 5) is 0. The maximum absolute atomic E-state index is 8.06. The van der Waals surface area contributed by atoms with Gasteiger partial charge in [0, 0.05) is 39.1 Å². The monoisotopic (exact) mass is 171 g/mol. The van der Waals surface area contributed by atoms with Crippen molar-refractivity contribution in [1.82, 2.24) is 0 Å². The largest absolute Gasteiger partial charge is 0 e. The van der Waals surface area contributed by atoms with Crippen molar-refractivity contribution in [2.75, 3.05) is 0 Å². The van der Waals surface area contributed by atoms with Crippen molar-refractivity contribution < 1.29 is 58.9 Å². The summed E-state index contributed by atoms with van der Waals surface area (Å²) in [6.45, 7) is 0. The minimum absolute atomic E-state index is 0. The average molecular weight is 171 g/mol. The molecule has 0 aromatic rings. The van der Waals surface area contributed by atoms with Gasteiger partial charge in [-0.3, -0.25) is 0 Å². The molecule has 23 valence electrons. The Bertz CT molecular complexity index is 8.00. The van der Waals surface area contributed by atoms with Crippen molar-refractivity contribution in [1.29, 1.82) is 0 Å². The van der Waals surface area contributed by atoms with Crippen molar-refractivity contribution in [2.45, 2.75) is 0 Å². The van der Waals surface area contributed by atoms with Crippen LogP contribution in [0.3, 0.4) is 0 Å². The molecule has 0 aliphatic heterocycles. The fourth-order valence-corrected chi connectivity index (χ4v) is 0. The molecule has 0 N–H and O–H groups in total. The standard InChI is InChI=1S/Cr.Mn.O.Ti. The molecule has 0 rings (SSSR count). The SMILES string of the molecule is [Cr].[O]=[Mn].[Ti]. The summed E-state index contributed by atoms with van der Waals surface area (Å²) in [5, 5.41) is 0. The molecule has 0 saturated carbocycles. The van der Waals surface area contributed by atoms with E-state index in [1.165, 1.54) is 0 Å². The summed E-state index contributed by atoms with van der Waals surface area (Å²) in [5.41, 5.74) is 0. The van der Waals surface area contributed by atoms with Gasteiger partial charge in [-0.05, 0) is 0 Å². The van der Waals surface area contributed by atoms with Crippen molar-refractivity contribution >= 4 is 0 Å². The minimum Gasteiger partial charge on any atom is 0 e. The van der Waals surface area contributed by atoms with Crippen molar-refractivity contribution in [3.63, 3.8) is 0 Å². The predicted molar refractivity (Wildman–Crippen MR) is 0.686 cm³/mol. The molecule has 4 heteroatoms. The summed E-state index contributed by atoms with van der Waals surface area (Å²) in [7, 11) is 0. The van der Waals surface area contributed by atoms with Crippen LogP contribution < -0.4 is 0 Å². The van der Waals surface area contributed by atoms with Crippen LogP contribution in [0.15, 0.2) is 0 Å². The number of rotatable bonds is 0. The van der Waals surface area contributed by atoms with Crippen LogP contribution in [0, 0.1) is 0 Å². The normalized spacial score (nSPS) is 1.00. The quantitative estimate of drug-likeness (QED) is 0.464. The molecule has 0 amide bonds. The van der Waals surface area contributed by atoms with Gasteiger partial charge in [-0.15, -0.1) is 0 Å². The zero-order chi connectivity index (χ0) is 2.00. The molecule has 0 radical (unpaired) electrons. The first-order valence-corrected chi connectivity index (χ1v) is 0.636. The van der Waals surface area contributed by atoms with Gasteiger partial charge in [0.25, 0.3) is 0 Å². The van der Waals surface area contributed by atoms with Crippen LogP contribution in [0.5, 0.6) is 0 Å². The van der Waals surface area contributed by atoms with Crippen LogP contribution in [0.1, 0.15) is 0 Å². The molecule has 0 aromatic carbocycles. The Kier molecular flexibility index (Phi) is 104. The molecule has 0 saturated heterocycles. The van der Waals surface area contributed by atoms with E-state index >= 15 is 0 Å². The fourth-order valence-electron chi connectivity index (χ4n) is 0. The number of hydrogen-bond acceptors (Lipinski definition) is 1. The zero-order valence-electron chi connectivity index (χ0n) is 1.69. The van der Waals surface area contributed by atoms with Crippen molar-refractivity contribution in [3.05, 3.63) is 0 Å². The van der Waals surface area contributed by atoms with E-state index in [-0.39, 0.29) is 39.1 Å². The van der Waals surface area contributed by atoms with Gasteiger partial charge in [0.1, 0.15) is 0 Å². The van der Waals surface area contributed by atoms with Crippen LogP contribution in [-0.4, -0.2) is 0 Å². The smallest absolute Gasteiger partial charge is 0 e. The van der Waals surface area contributed by atoms with Gasteiger partial charge >= 0.3 is 19.8 Å². The second-order valence-corrected chi connectivity index (χ2v) is 0. The molecule has 0 aliphatic rings. The molecule has 4 heavy (non-hydrogen) atoms. The van der Waals surface area contributed by atoms with E-state index in [1.54, 1.807) is 15.9 Å². The Morgan fingerprint density at radius 2 is 1.25 bits per heavy atom. The van der Waals surface area contributed by atoms with E-state index in [4.69, 9.17) is 3.83 Å². The molecule has 0 atom stereocenters. The minimum atomic E-state index is 0. The molecule has 0 bridgehead atoms. The molecule has 0 heterocycles. The first-order chi connectivity index (χ1) is 1.00. The van der Waals surface area contributed by atoms with Crippen LogP contribution >= 0.6 is 0 Å². The molecular weight excluding hydrogens is 171 g/mol. The maximum Gasteiger partial charge on any atom is 0 e. The molecule has 0 spiro atoms. The van der Waals surface area contributed by atoms with Crippen LogP contribution in [0.25, 0.3) is 0 Å². The van der Waals surface area contributed by atoms with E-state index in [0.29, 0.717) is 0 Å². The van der Waals surface area contributed by atoms with Gasteiger partial charge in [-0.2, -0.15) is 0 Å². The Labute approximate surface area is 58.6 Å². The third-order valence-electron chi connectivity index (χ3n) is 0. The number of hydrogen-bond donors (Lipinski definition) is 0. The molecule has 0 unspecified atom stereocenters. The first-order valence-electron chi connectivity index (χ1n) is 0.154. The Balaban J connectivity index is -0.00000000500. The van der Waals surface area contributed by atoms with Gasteiger partial charge in [0.2, 0.25) is 0 Å². The summed E-state index contributed by atoms with van der Waals surface area (Å²) < 4.78 is 8.06. The van der Waals surface area contributed by atoms with E-state index in [2.05, 4.69) is 0 Å². The van der Waals surface area contributed by atoms with Crippen molar-refractivity contribution in [3.8, 4) is 0 Å². The van der Waals surface area contributed by atoms with Gasteiger partial charge < -0.3 is 0 Å². The molecule has 1 nitrogen and oxygen atoms in total. The van der Waals surface area contributed by atoms with Crippen LogP contribution in [-0.2, 0) is 58.9 Å². The molecule has 0 fully saturated rings. The predicted octanol–water partition coefficient (Wildman–Crippen LogP) is -0.126. The molecular formula is CrMnOTi. The second kappa shape index (κ2) is 23.7. The molecule has 0 aliphatic carbocycles. The first kappa shape index (κ1) is 17.6. The third-order valence-corrected chi connectivity index (χ3v) is 0. The Hall–Kier alpha value is 1.57. The summed E-state index contributed by atoms with van der Waals surface area (Å²) in [5.74, 6) is 0. The van der Waals surface area contributed by atoms with Crippen LogP contribution in [0.4, 0.5) is 0 Å². The average Bonchev–Trinajstić information content (AvgIpc) is 1.00. The maximum atomic E-state index is 8.06. The van der Waals surface area contributed by atoms with Gasteiger partial charge in [0.05, 0.1) is 0 Å². The van der Waals surface area contributed by atoms with Crippen molar-refractivity contribution in [2.24, 2.45) is 0 Å². The van der Waals surface area contributed by atoms with Gasteiger partial charge in [0.15, 0.2) is 0 Å². The Morgan fingerprint density at radius 1 is 1.25 bits per heavy atom. The summed E-state index contributed by atoms with van der Waals surface area (Å²) in [6, 6.07) is 0. The summed E-state index contributed by atoms with van der Waals surface area (Å²) in [6.07, 6.45) is 0. The topological polar surface area (TPSA) is 17.1 Å². The van der Waals surface area contributed by atoms with E-state index in [9.17, 15) is 0 Å². The molecule has 0 aromatic heterocycles.